The Hall–Kier alpha value is -3.02. The molecule has 36 heavy (non-hydrogen) atoms. The van der Waals surface area contributed by atoms with Crippen molar-refractivity contribution in [3.05, 3.63) is 30.5 Å². The molecule has 1 saturated carbocycles. The van der Waals surface area contributed by atoms with E-state index in [4.69, 9.17) is 4.74 Å². The fourth-order valence-corrected chi connectivity index (χ4v) is 5.77. The Balaban J connectivity index is 1.15. The molecule has 1 amide bonds. The minimum atomic E-state index is -4.75. The zero-order valence-corrected chi connectivity index (χ0v) is 21.1. The molecule has 2 aromatic heterocycles. The van der Waals surface area contributed by atoms with E-state index in [0.29, 0.717) is 35.3 Å². The van der Waals surface area contributed by atoms with Crippen LogP contribution < -0.4 is 10.1 Å². The topological polar surface area (TPSA) is 81.0 Å². The van der Waals surface area contributed by atoms with Gasteiger partial charge in [-0.1, -0.05) is 23.5 Å². The molecule has 2 fully saturated rings. The molecule has 1 N–H and O–H groups in total. The third-order valence-electron chi connectivity index (χ3n) is 6.57. The number of anilines is 1. The van der Waals surface area contributed by atoms with E-state index in [2.05, 4.69) is 20.1 Å². The molecule has 1 spiro atoms. The average Bonchev–Trinajstić information content (AvgIpc) is 3.29. The highest BCUT2D eigenvalue weighted by Gasteiger charge is 2.47. The van der Waals surface area contributed by atoms with Crippen molar-refractivity contribution >= 4 is 27.5 Å². The summed E-state index contributed by atoms with van der Waals surface area (Å²) in [4.78, 5) is 19.3. The van der Waals surface area contributed by atoms with Crippen LogP contribution in [0.1, 0.15) is 46.5 Å². The number of piperidine rings is 1. The van der Waals surface area contributed by atoms with E-state index in [-0.39, 0.29) is 17.3 Å². The largest absolute Gasteiger partial charge is 0.573 e. The van der Waals surface area contributed by atoms with Gasteiger partial charge in [0.2, 0.25) is 10.1 Å². The third-order valence-corrected chi connectivity index (χ3v) is 7.42. The zero-order valence-electron chi connectivity index (χ0n) is 20.3. The second-order valence-electron chi connectivity index (χ2n) is 10.6. The number of benzene rings is 1. The van der Waals surface area contributed by atoms with Crippen LogP contribution in [0.4, 0.5) is 23.1 Å². The van der Waals surface area contributed by atoms with Gasteiger partial charge in [-0.25, -0.2) is 14.3 Å². The van der Waals surface area contributed by atoms with Crippen LogP contribution in [0, 0.1) is 5.41 Å². The van der Waals surface area contributed by atoms with Gasteiger partial charge in [-0.3, -0.25) is 0 Å². The number of ether oxygens (including phenoxy) is 2. The summed E-state index contributed by atoms with van der Waals surface area (Å²) in [7, 11) is 0. The van der Waals surface area contributed by atoms with E-state index >= 15 is 0 Å². The second kappa shape index (κ2) is 8.82. The maximum atomic E-state index is 12.5. The summed E-state index contributed by atoms with van der Waals surface area (Å²) < 4.78 is 48.7. The maximum absolute atomic E-state index is 12.5. The van der Waals surface area contributed by atoms with Crippen LogP contribution in [-0.4, -0.2) is 56.7 Å². The highest BCUT2D eigenvalue weighted by Crippen LogP contribution is 2.50. The summed E-state index contributed by atoms with van der Waals surface area (Å²) in [6, 6.07) is 6.04. The van der Waals surface area contributed by atoms with Gasteiger partial charge in [0, 0.05) is 24.7 Å². The van der Waals surface area contributed by atoms with Gasteiger partial charge in [-0.2, -0.15) is 0 Å². The summed E-state index contributed by atoms with van der Waals surface area (Å²) >= 11 is 1.40. The first kappa shape index (κ1) is 24.7. The van der Waals surface area contributed by atoms with Crippen molar-refractivity contribution in [2.24, 2.45) is 5.41 Å². The molecule has 1 aliphatic carbocycles. The lowest BCUT2D eigenvalue weighted by molar-refractivity contribution is -0.274. The number of carbonyl (C=O) groups excluding carboxylic acids is 1. The molecule has 3 heterocycles. The Bertz CT molecular complexity index is 1220. The molecule has 2 aliphatic rings. The van der Waals surface area contributed by atoms with Crippen molar-refractivity contribution in [1.29, 1.82) is 0 Å². The lowest BCUT2D eigenvalue weighted by atomic mass is 9.60. The van der Waals surface area contributed by atoms with Crippen LogP contribution in [0.25, 0.3) is 16.2 Å². The van der Waals surface area contributed by atoms with Crippen molar-refractivity contribution < 1.29 is 27.4 Å². The number of nitrogens with one attached hydrogen (secondary N) is 1. The van der Waals surface area contributed by atoms with E-state index in [1.54, 1.807) is 21.7 Å². The minimum absolute atomic E-state index is 0.239. The van der Waals surface area contributed by atoms with E-state index in [1.165, 1.54) is 29.5 Å². The van der Waals surface area contributed by atoms with Gasteiger partial charge in [0.05, 0.1) is 11.9 Å². The van der Waals surface area contributed by atoms with Gasteiger partial charge >= 0.3 is 12.5 Å². The molecule has 8 nitrogen and oxygen atoms in total. The fraction of sp³-hybridized carbons (Fsp3) is 0.542. The number of aromatic nitrogens is 3. The van der Waals surface area contributed by atoms with Gasteiger partial charge in [0.25, 0.3) is 0 Å². The summed E-state index contributed by atoms with van der Waals surface area (Å²) in [5.74, 6) is -0.289. The first-order valence-corrected chi connectivity index (χ1v) is 12.7. The monoisotopic (exact) mass is 523 g/mol. The predicted octanol–water partition coefficient (Wildman–Crippen LogP) is 5.95. The van der Waals surface area contributed by atoms with E-state index < -0.39 is 12.0 Å². The lowest BCUT2D eigenvalue weighted by Gasteiger charge is -2.52. The zero-order chi connectivity index (χ0) is 25.7. The van der Waals surface area contributed by atoms with Gasteiger partial charge in [-0.05, 0) is 64.0 Å². The summed E-state index contributed by atoms with van der Waals surface area (Å²) in [6.07, 6.45) is 0.681. The van der Waals surface area contributed by atoms with Gasteiger partial charge in [0.15, 0.2) is 0 Å². The molecule has 12 heteroatoms. The molecule has 1 aliphatic heterocycles. The highest BCUT2D eigenvalue weighted by molar-refractivity contribution is 7.20. The van der Waals surface area contributed by atoms with E-state index in [0.717, 1.165) is 30.8 Å². The van der Waals surface area contributed by atoms with Crippen molar-refractivity contribution in [3.63, 3.8) is 0 Å². The van der Waals surface area contributed by atoms with Gasteiger partial charge in [-0.15, -0.1) is 18.3 Å². The minimum Gasteiger partial charge on any atom is -0.444 e. The third kappa shape index (κ3) is 5.53. The quantitative estimate of drug-likeness (QED) is 0.455. The Labute approximate surface area is 210 Å². The number of hydrogen-bond donors (Lipinski definition) is 1. The number of likely N-dealkylation sites (tertiary alicyclic amines) is 1. The number of carbonyl (C=O) groups is 1. The normalized spacial score (nSPS) is 18.3. The number of amides is 1. The maximum Gasteiger partial charge on any atom is 0.573 e. The van der Waals surface area contributed by atoms with Gasteiger partial charge < -0.3 is 19.7 Å². The molecule has 1 saturated heterocycles. The number of rotatable bonds is 4. The predicted molar refractivity (Wildman–Crippen MR) is 129 cm³/mol. The van der Waals surface area contributed by atoms with E-state index in [1.807, 2.05) is 20.8 Å². The molecule has 3 aromatic rings. The average molecular weight is 524 g/mol. The second-order valence-corrected chi connectivity index (χ2v) is 11.5. The number of alkyl halides is 3. The molecular weight excluding hydrogens is 495 g/mol. The van der Waals surface area contributed by atoms with Crippen LogP contribution in [0.3, 0.4) is 0 Å². The van der Waals surface area contributed by atoms with Crippen molar-refractivity contribution in [2.45, 2.75) is 64.5 Å². The number of imidazole rings is 1. The molecule has 0 atom stereocenters. The number of halogens is 3. The Morgan fingerprint density at radius 2 is 1.92 bits per heavy atom. The number of hydrogen-bond acceptors (Lipinski definition) is 7. The fourth-order valence-electron chi connectivity index (χ4n) is 4.91. The lowest BCUT2D eigenvalue weighted by Crippen LogP contribution is -2.53. The van der Waals surface area contributed by atoms with Gasteiger partial charge in [0.1, 0.15) is 11.4 Å². The molecule has 5 rings (SSSR count). The first-order chi connectivity index (χ1) is 16.9. The Kier molecular flexibility index (Phi) is 6.05. The molecule has 1 aromatic carbocycles. The van der Waals surface area contributed by atoms with Crippen LogP contribution in [0.15, 0.2) is 30.5 Å². The Morgan fingerprint density at radius 1 is 1.19 bits per heavy atom. The molecule has 0 unspecified atom stereocenters. The van der Waals surface area contributed by atoms with Crippen molar-refractivity contribution in [1.82, 2.24) is 19.5 Å². The number of nitrogens with zero attached hydrogens (tertiary/aromatic N) is 4. The summed E-state index contributed by atoms with van der Waals surface area (Å²) in [6.45, 7) is 7.05. The SMILES string of the molecule is CC(C)(C)OC(=O)N1CCC2(CC1)CC(Nc1nn3cc(-c4cccc(OC(F)(F)F)c4)nc3s1)C2. The smallest absolute Gasteiger partial charge is 0.444 e. The Morgan fingerprint density at radius 3 is 2.56 bits per heavy atom. The van der Waals surface area contributed by atoms with Crippen molar-refractivity contribution in [2.75, 3.05) is 18.4 Å². The summed E-state index contributed by atoms with van der Waals surface area (Å²) in [5, 5.41) is 8.78. The van der Waals surface area contributed by atoms with E-state index in [9.17, 15) is 18.0 Å². The summed E-state index contributed by atoms with van der Waals surface area (Å²) in [5.41, 5.74) is 0.803. The van der Waals surface area contributed by atoms with Crippen LogP contribution in [0.5, 0.6) is 5.75 Å². The standard InChI is InChI=1S/C24H28F3N5O3S/c1-22(2,3)35-21(33)31-9-7-23(8-10-31)12-16(13-23)28-19-30-32-14-18(29-20(32)36-19)15-5-4-6-17(11-15)34-24(25,26)27/h4-6,11,14,16H,7-10,12-13H2,1-3H3,(H,28,30). The molecule has 0 radical (unpaired) electrons. The van der Waals surface area contributed by atoms with Crippen LogP contribution >= 0.6 is 11.3 Å². The first-order valence-electron chi connectivity index (χ1n) is 11.8. The van der Waals surface area contributed by atoms with Crippen LogP contribution in [-0.2, 0) is 4.74 Å². The molecule has 0 bridgehead atoms. The molecule has 194 valence electrons. The molecular formula is C24H28F3N5O3S. The van der Waals surface area contributed by atoms with Crippen LogP contribution in [0.2, 0.25) is 0 Å². The highest BCUT2D eigenvalue weighted by atomic mass is 32.1. The van der Waals surface area contributed by atoms with Crippen molar-refractivity contribution in [3.8, 4) is 17.0 Å². The number of fused-ring (bicyclic) bond motifs is 1.